The van der Waals surface area contributed by atoms with Crippen LogP contribution in [0.1, 0.15) is 23.3 Å². The van der Waals surface area contributed by atoms with Crippen molar-refractivity contribution >= 4 is 39.0 Å². The zero-order chi connectivity index (χ0) is 14.9. The Balaban J connectivity index is 1.52. The topological polar surface area (TPSA) is 66.9 Å². The van der Waals surface area contributed by atoms with E-state index in [9.17, 15) is 4.79 Å². The molecule has 1 aliphatic carbocycles. The third-order valence-corrected chi connectivity index (χ3v) is 4.26. The number of aromatic nitrogens is 2. The van der Waals surface area contributed by atoms with E-state index in [2.05, 4.69) is 20.6 Å². The number of benzene rings is 1. The van der Waals surface area contributed by atoms with Gasteiger partial charge in [0.15, 0.2) is 5.13 Å². The summed E-state index contributed by atoms with van der Waals surface area (Å²) in [5.41, 5.74) is 2.36. The number of rotatable bonds is 4. The molecule has 4 rings (SSSR count). The molecule has 0 atom stereocenters. The summed E-state index contributed by atoms with van der Waals surface area (Å²) >= 11 is 1.43. The first-order chi connectivity index (χ1) is 10.8. The highest BCUT2D eigenvalue weighted by atomic mass is 32.1. The smallest absolute Gasteiger partial charge is 0.271 e. The fourth-order valence-electron chi connectivity index (χ4n) is 2.20. The third kappa shape index (κ3) is 2.78. The monoisotopic (exact) mass is 310 g/mol. The number of anilines is 2. The number of carbonyl (C=O) groups is 1. The maximum absolute atomic E-state index is 11.9. The van der Waals surface area contributed by atoms with E-state index >= 15 is 0 Å². The van der Waals surface area contributed by atoms with E-state index in [0.29, 0.717) is 16.9 Å². The molecule has 110 valence electrons. The van der Waals surface area contributed by atoms with Crippen LogP contribution in [0.2, 0.25) is 0 Å². The molecule has 0 spiro atoms. The van der Waals surface area contributed by atoms with Crippen LogP contribution in [-0.2, 0) is 0 Å². The molecule has 0 radical (unpaired) electrons. The van der Waals surface area contributed by atoms with Gasteiger partial charge in [0.05, 0.1) is 5.52 Å². The largest absolute Gasteiger partial charge is 0.348 e. The molecule has 1 amide bonds. The molecule has 3 aromatic rings. The lowest BCUT2D eigenvalue weighted by Gasteiger charge is -2.04. The highest BCUT2D eigenvalue weighted by Crippen LogP contribution is 2.24. The van der Waals surface area contributed by atoms with Crippen molar-refractivity contribution in [1.29, 1.82) is 0 Å². The van der Waals surface area contributed by atoms with Crippen LogP contribution in [-0.4, -0.2) is 21.9 Å². The number of pyridine rings is 1. The maximum atomic E-state index is 11.9. The van der Waals surface area contributed by atoms with Crippen LogP contribution in [0.4, 0.5) is 10.8 Å². The third-order valence-electron chi connectivity index (χ3n) is 3.50. The molecule has 0 unspecified atom stereocenters. The van der Waals surface area contributed by atoms with Gasteiger partial charge in [-0.3, -0.25) is 9.78 Å². The van der Waals surface area contributed by atoms with Crippen molar-refractivity contribution in [2.75, 3.05) is 5.32 Å². The predicted molar refractivity (Wildman–Crippen MR) is 87.6 cm³/mol. The Morgan fingerprint density at radius 3 is 3.05 bits per heavy atom. The second kappa shape index (κ2) is 5.38. The molecule has 0 aliphatic heterocycles. The Morgan fingerprint density at radius 2 is 2.18 bits per heavy atom. The molecule has 5 nitrogen and oxygen atoms in total. The van der Waals surface area contributed by atoms with Crippen molar-refractivity contribution in [3.63, 3.8) is 0 Å². The van der Waals surface area contributed by atoms with Crippen molar-refractivity contribution in [1.82, 2.24) is 15.3 Å². The number of amides is 1. The minimum absolute atomic E-state index is 0.0884. The number of fused-ring (bicyclic) bond motifs is 1. The molecular formula is C16H14N4OS. The summed E-state index contributed by atoms with van der Waals surface area (Å²) in [6.45, 7) is 0. The average molecular weight is 310 g/mol. The minimum Gasteiger partial charge on any atom is -0.348 e. The first-order valence-corrected chi connectivity index (χ1v) is 8.04. The van der Waals surface area contributed by atoms with E-state index in [-0.39, 0.29) is 5.91 Å². The average Bonchev–Trinajstić information content (AvgIpc) is 3.22. The summed E-state index contributed by atoms with van der Waals surface area (Å²) in [5, 5.41) is 9.74. The number of thiazole rings is 1. The van der Waals surface area contributed by atoms with Crippen LogP contribution in [0.5, 0.6) is 0 Å². The molecular weight excluding hydrogens is 296 g/mol. The molecule has 2 N–H and O–H groups in total. The Bertz CT molecular complexity index is 841. The quantitative estimate of drug-likeness (QED) is 0.775. The molecule has 1 saturated carbocycles. The second-order valence-electron chi connectivity index (χ2n) is 5.32. The Kier molecular flexibility index (Phi) is 3.23. The van der Waals surface area contributed by atoms with E-state index in [1.807, 2.05) is 30.3 Å². The molecule has 1 aliphatic rings. The van der Waals surface area contributed by atoms with Crippen molar-refractivity contribution in [3.8, 4) is 0 Å². The van der Waals surface area contributed by atoms with Crippen molar-refractivity contribution in [3.05, 3.63) is 47.6 Å². The highest BCUT2D eigenvalue weighted by Gasteiger charge is 2.24. The van der Waals surface area contributed by atoms with Crippen LogP contribution >= 0.6 is 11.3 Å². The van der Waals surface area contributed by atoms with Crippen LogP contribution in [0.3, 0.4) is 0 Å². The van der Waals surface area contributed by atoms with Crippen LogP contribution in [0.15, 0.2) is 41.9 Å². The molecule has 2 aromatic heterocycles. The van der Waals surface area contributed by atoms with E-state index in [1.165, 1.54) is 11.3 Å². The van der Waals surface area contributed by atoms with Gasteiger partial charge in [0.1, 0.15) is 5.69 Å². The van der Waals surface area contributed by atoms with Crippen molar-refractivity contribution < 1.29 is 4.79 Å². The van der Waals surface area contributed by atoms with Gasteiger partial charge in [-0.1, -0.05) is 6.07 Å². The zero-order valence-electron chi connectivity index (χ0n) is 11.7. The Hall–Kier alpha value is -2.47. The number of carbonyl (C=O) groups excluding carboxylic acids is 1. The van der Waals surface area contributed by atoms with Crippen LogP contribution < -0.4 is 10.6 Å². The number of nitrogens with one attached hydrogen (secondary N) is 2. The number of hydrogen-bond donors (Lipinski definition) is 2. The summed E-state index contributed by atoms with van der Waals surface area (Å²) in [6.07, 6.45) is 3.93. The summed E-state index contributed by atoms with van der Waals surface area (Å²) in [6, 6.07) is 10.2. The Labute approximate surface area is 131 Å². The molecule has 1 fully saturated rings. The summed E-state index contributed by atoms with van der Waals surface area (Å²) < 4.78 is 0. The van der Waals surface area contributed by atoms with Crippen LogP contribution in [0.25, 0.3) is 10.9 Å². The summed E-state index contributed by atoms with van der Waals surface area (Å²) in [4.78, 5) is 20.6. The fraction of sp³-hybridized carbons (Fsp3) is 0.188. The SMILES string of the molecule is O=C(NC1CC1)c1csc(Nc2ccc3ncccc3c2)n1. The van der Waals surface area contributed by atoms with E-state index < -0.39 is 0 Å². The molecule has 6 heteroatoms. The van der Waals surface area contributed by atoms with Gasteiger partial charge >= 0.3 is 0 Å². The molecule has 22 heavy (non-hydrogen) atoms. The van der Waals surface area contributed by atoms with Gasteiger partial charge in [0.25, 0.3) is 5.91 Å². The Morgan fingerprint density at radius 1 is 1.27 bits per heavy atom. The van der Waals surface area contributed by atoms with E-state index in [1.54, 1.807) is 11.6 Å². The maximum Gasteiger partial charge on any atom is 0.271 e. The lowest BCUT2D eigenvalue weighted by atomic mass is 10.2. The lowest BCUT2D eigenvalue weighted by molar-refractivity contribution is 0.0947. The molecule has 2 heterocycles. The van der Waals surface area contributed by atoms with Gasteiger partial charge < -0.3 is 10.6 Å². The van der Waals surface area contributed by atoms with E-state index in [0.717, 1.165) is 29.4 Å². The van der Waals surface area contributed by atoms with Crippen molar-refractivity contribution in [2.45, 2.75) is 18.9 Å². The minimum atomic E-state index is -0.0884. The normalized spacial score (nSPS) is 14.0. The molecule has 1 aromatic carbocycles. The van der Waals surface area contributed by atoms with Gasteiger partial charge in [0.2, 0.25) is 0 Å². The fourth-order valence-corrected chi connectivity index (χ4v) is 2.91. The standard InChI is InChI=1S/C16H14N4OS/c21-15(18-11-3-4-11)14-9-22-16(20-14)19-12-5-6-13-10(8-12)2-1-7-17-13/h1-2,5-9,11H,3-4H2,(H,18,21)(H,19,20). The van der Waals surface area contributed by atoms with Gasteiger partial charge in [-0.25, -0.2) is 4.98 Å². The van der Waals surface area contributed by atoms with Gasteiger partial charge in [-0.15, -0.1) is 11.3 Å². The van der Waals surface area contributed by atoms with Gasteiger partial charge in [-0.05, 0) is 37.1 Å². The highest BCUT2D eigenvalue weighted by molar-refractivity contribution is 7.14. The summed E-state index contributed by atoms with van der Waals surface area (Å²) in [7, 11) is 0. The van der Waals surface area contributed by atoms with Gasteiger partial charge in [0, 0.05) is 28.7 Å². The predicted octanol–water partition coefficient (Wildman–Crippen LogP) is 3.33. The summed E-state index contributed by atoms with van der Waals surface area (Å²) in [5.74, 6) is -0.0884. The molecule has 0 bridgehead atoms. The van der Waals surface area contributed by atoms with E-state index in [4.69, 9.17) is 0 Å². The first kappa shape index (κ1) is 13.2. The second-order valence-corrected chi connectivity index (χ2v) is 6.18. The van der Waals surface area contributed by atoms with Crippen molar-refractivity contribution in [2.24, 2.45) is 0 Å². The zero-order valence-corrected chi connectivity index (χ0v) is 12.6. The number of nitrogens with zero attached hydrogens (tertiary/aromatic N) is 2. The molecule has 0 saturated heterocycles. The van der Waals surface area contributed by atoms with Gasteiger partial charge in [-0.2, -0.15) is 0 Å². The lowest BCUT2D eigenvalue weighted by Crippen LogP contribution is -2.25. The van der Waals surface area contributed by atoms with Crippen LogP contribution in [0, 0.1) is 0 Å². The first-order valence-electron chi connectivity index (χ1n) is 7.16. The number of hydrogen-bond acceptors (Lipinski definition) is 5.